The maximum Gasteiger partial charge on any atom is 0.161 e. The number of methoxy groups -OCH3 is 2. The summed E-state index contributed by atoms with van der Waals surface area (Å²) in [5, 5.41) is 15.2. The summed E-state index contributed by atoms with van der Waals surface area (Å²) in [6, 6.07) is 5.73. The molecule has 5 heteroatoms. The number of nitrogens with one attached hydrogen (secondary N) is 1. The van der Waals surface area contributed by atoms with E-state index in [9.17, 15) is 5.11 Å². The van der Waals surface area contributed by atoms with E-state index in [0.717, 1.165) is 16.6 Å². The predicted molar refractivity (Wildman–Crippen MR) is 84.3 cm³/mol. The molecule has 1 unspecified atom stereocenters. The van der Waals surface area contributed by atoms with Crippen molar-refractivity contribution in [2.24, 2.45) is 0 Å². The molecule has 1 heterocycles. The number of fused-ring (bicyclic) bond motifs is 1. The molecule has 5 nitrogen and oxygen atoms in total. The molecule has 0 radical (unpaired) electrons. The lowest BCUT2D eigenvalue weighted by Crippen LogP contribution is -2.32. The largest absolute Gasteiger partial charge is 0.493 e. The van der Waals surface area contributed by atoms with Crippen LogP contribution in [0.2, 0.25) is 0 Å². The third-order valence-electron chi connectivity index (χ3n) is 3.67. The number of ether oxygens (including phenoxy) is 2. The number of aromatic nitrogens is 1. The molecule has 114 valence electrons. The second kappa shape index (κ2) is 6.18. The van der Waals surface area contributed by atoms with Gasteiger partial charge in [0.1, 0.15) is 5.82 Å². The van der Waals surface area contributed by atoms with Gasteiger partial charge in [-0.2, -0.15) is 0 Å². The fraction of sp³-hybridized carbons (Fsp3) is 0.438. The molecule has 0 bridgehead atoms. The minimum absolute atomic E-state index is 0.434. The maximum atomic E-state index is 10.1. The molecule has 0 amide bonds. The van der Waals surface area contributed by atoms with E-state index in [1.54, 1.807) is 27.3 Å². The van der Waals surface area contributed by atoms with Gasteiger partial charge in [-0.15, -0.1) is 0 Å². The van der Waals surface area contributed by atoms with Crippen molar-refractivity contribution in [3.05, 3.63) is 24.4 Å². The number of anilines is 1. The van der Waals surface area contributed by atoms with Crippen LogP contribution in [0.1, 0.15) is 20.3 Å². The van der Waals surface area contributed by atoms with Crippen LogP contribution >= 0.6 is 0 Å². The smallest absolute Gasteiger partial charge is 0.161 e. The standard InChI is InChI=1S/C16H22N2O3/c1-5-16(2,19)10-18-15-12-9-14(21-4)13(20-3)8-11(12)6-7-17-15/h6-9,19H,5,10H2,1-4H3,(H,17,18). The number of hydrogen-bond acceptors (Lipinski definition) is 5. The molecule has 0 aliphatic heterocycles. The Labute approximate surface area is 124 Å². The SMILES string of the molecule is CCC(C)(O)CNc1nccc2cc(OC)c(OC)cc12. The first-order valence-electron chi connectivity index (χ1n) is 6.97. The van der Waals surface area contributed by atoms with Gasteiger partial charge in [0, 0.05) is 18.1 Å². The highest BCUT2D eigenvalue weighted by Gasteiger charge is 2.18. The Morgan fingerprint density at radius 1 is 1.24 bits per heavy atom. The van der Waals surface area contributed by atoms with Crippen LogP contribution in [0.5, 0.6) is 11.5 Å². The summed E-state index contributed by atoms with van der Waals surface area (Å²) < 4.78 is 10.6. The van der Waals surface area contributed by atoms with E-state index in [0.29, 0.717) is 24.5 Å². The van der Waals surface area contributed by atoms with Crippen LogP contribution in [0.15, 0.2) is 24.4 Å². The molecular weight excluding hydrogens is 268 g/mol. The highest BCUT2D eigenvalue weighted by Crippen LogP contribution is 2.34. The van der Waals surface area contributed by atoms with Crippen molar-refractivity contribution in [3.63, 3.8) is 0 Å². The normalized spacial score (nSPS) is 13.8. The zero-order chi connectivity index (χ0) is 15.5. The van der Waals surface area contributed by atoms with E-state index in [-0.39, 0.29) is 0 Å². The highest BCUT2D eigenvalue weighted by molar-refractivity contribution is 5.94. The molecule has 1 atom stereocenters. The molecular formula is C16H22N2O3. The van der Waals surface area contributed by atoms with Gasteiger partial charge in [-0.3, -0.25) is 0 Å². The Kier molecular flexibility index (Phi) is 4.53. The summed E-state index contributed by atoms with van der Waals surface area (Å²) in [4.78, 5) is 4.36. The summed E-state index contributed by atoms with van der Waals surface area (Å²) in [6.07, 6.45) is 2.40. The minimum atomic E-state index is -0.763. The fourth-order valence-electron chi connectivity index (χ4n) is 2.04. The molecule has 0 saturated heterocycles. The van der Waals surface area contributed by atoms with Gasteiger partial charge in [0.2, 0.25) is 0 Å². The van der Waals surface area contributed by atoms with Crippen LogP contribution in [-0.4, -0.2) is 36.5 Å². The number of aliphatic hydroxyl groups is 1. The molecule has 2 aromatic rings. The number of benzene rings is 1. The highest BCUT2D eigenvalue weighted by atomic mass is 16.5. The average Bonchev–Trinajstić information content (AvgIpc) is 2.51. The van der Waals surface area contributed by atoms with Crippen LogP contribution in [-0.2, 0) is 0 Å². The molecule has 2 N–H and O–H groups in total. The Morgan fingerprint density at radius 3 is 2.52 bits per heavy atom. The topological polar surface area (TPSA) is 63.6 Å². The quantitative estimate of drug-likeness (QED) is 0.856. The van der Waals surface area contributed by atoms with Crippen LogP contribution < -0.4 is 14.8 Å². The van der Waals surface area contributed by atoms with Crippen molar-refractivity contribution in [2.75, 3.05) is 26.1 Å². The van der Waals surface area contributed by atoms with Gasteiger partial charge >= 0.3 is 0 Å². The second-order valence-electron chi connectivity index (χ2n) is 5.29. The molecule has 2 rings (SSSR count). The monoisotopic (exact) mass is 290 g/mol. The predicted octanol–water partition coefficient (Wildman–Crippen LogP) is 2.82. The summed E-state index contributed by atoms with van der Waals surface area (Å²) >= 11 is 0. The fourth-order valence-corrected chi connectivity index (χ4v) is 2.04. The number of rotatable bonds is 6. The Balaban J connectivity index is 2.40. The second-order valence-corrected chi connectivity index (χ2v) is 5.29. The molecule has 0 aliphatic rings. The zero-order valence-electron chi connectivity index (χ0n) is 12.9. The van der Waals surface area contributed by atoms with Gasteiger partial charge < -0.3 is 19.9 Å². The third-order valence-corrected chi connectivity index (χ3v) is 3.67. The minimum Gasteiger partial charge on any atom is -0.493 e. The van der Waals surface area contributed by atoms with Crippen molar-refractivity contribution in [3.8, 4) is 11.5 Å². The van der Waals surface area contributed by atoms with Crippen LogP contribution in [0.4, 0.5) is 5.82 Å². The average molecular weight is 290 g/mol. The van der Waals surface area contributed by atoms with E-state index >= 15 is 0 Å². The molecule has 0 aliphatic carbocycles. The summed E-state index contributed by atoms with van der Waals surface area (Å²) in [5.41, 5.74) is -0.763. The Hall–Kier alpha value is -2.01. The van der Waals surface area contributed by atoms with Gasteiger partial charge in [-0.05, 0) is 36.9 Å². The first-order valence-corrected chi connectivity index (χ1v) is 6.97. The van der Waals surface area contributed by atoms with Crippen molar-refractivity contribution >= 4 is 16.6 Å². The molecule has 1 aromatic heterocycles. The van der Waals surface area contributed by atoms with E-state index < -0.39 is 5.60 Å². The van der Waals surface area contributed by atoms with Crippen molar-refractivity contribution in [1.29, 1.82) is 0 Å². The summed E-state index contributed by atoms with van der Waals surface area (Å²) in [7, 11) is 3.22. The van der Waals surface area contributed by atoms with E-state index in [1.165, 1.54) is 0 Å². The maximum absolute atomic E-state index is 10.1. The van der Waals surface area contributed by atoms with E-state index in [1.807, 2.05) is 25.1 Å². The summed E-state index contributed by atoms with van der Waals surface area (Å²) in [6.45, 7) is 4.19. The molecule has 0 fully saturated rings. The lowest BCUT2D eigenvalue weighted by molar-refractivity contribution is 0.0697. The Bertz CT molecular complexity index is 626. The molecule has 0 saturated carbocycles. The van der Waals surface area contributed by atoms with E-state index in [4.69, 9.17) is 9.47 Å². The molecule has 1 aromatic carbocycles. The van der Waals surface area contributed by atoms with Crippen molar-refractivity contribution in [2.45, 2.75) is 25.9 Å². The third kappa shape index (κ3) is 3.36. The lowest BCUT2D eigenvalue weighted by atomic mass is 10.0. The van der Waals surface area contributed by atoms with Gasteiger partial charge in [0.25, 0.3) is 0 Å². The molecule has 21 heavy (non-hydrogen) atoms. The van der Waals surface area contributed by atoms with Crippen molar-refractivity contribution < 1.29 is 14.6 Å². The number of nitrogens with zero attached hydrogens (tertiary/aromatic N) is 1. The van der Waals surface area contributed by atoms with Crippen LogP contribution in [0, 0.1) is 0 Å². The van der Waals surface area contributed by atoms with Crippen LogP contribution in [0.3, 0.4) is 0 Å². The number of pyridine rings is 1. The van der Waals surface area contributed by atoms with Gasteiger partial charge in [-0.25, -0.2) is 4.98 Å². The van der Waals surface area contributed by atoms with Gasteiger partial charge in [0.05, 0.1) is 19.8 Å². The van der Waals surface area contributed by atoms with Crippen LogP contribution in [0.25, 0.3) is 10.8 Å². The zero-order valence-corrected chi connectivity index (χ0v) is 12.9. The van der Waals surface area contributed by atoms with Gasteiger partial charge in [0.15, 0.2) is 11.5 Å². The van der Waals surface area contributed by atoms with Gasteiger partial charge in [-0.1, -0.05) is 6.92 Å². The molecule has 0 spiro atoms. The Morgan fingerprint density at radius 2 is 1.90 bits per heavy atom. The summed E-state index contributed by atoms with van der Waals surface area (Å²) in [5.74, 6) is 2.06. The van der Waals surface area contributed by atoms with E-state index in [2.05, 4.69) is 10.3 Å². The first kappa shape index (κ1) is 15.4. The van der Waals surface area contributed by atoms with Crippen molar-refractivity contribution in [1.82, 2.24) is 4.98 Å². The lowest BCUT2D eigenvalue weighted by Gasteiger charge is -2.22. The number of hydrogen-bond donors (Lipinski definition) is 2. The first-order chi connectivity index (χ1) is 10.0.